The van der Waals surface area contributed by atoms with Crippen LogP contribution in [0.25, 0.3) is 0 Å². The zero-order chi connectivity index (χ0) is 13.5. The molecular formula is C10H12N4O2S2. The van der Waals surface area contributed by atoms with Crippen LogP contribution in [0.1, 0.15) is 24.3 Å². The summed E-state index contributed by atoms with van der Waals surface area (Å²) in [5, 5.41) is 12.4. The van der Waals surface area contributed by atoms with Crippen molar-refractivity contribution in [1.82, 2.24) is 4.72 Å². The van der Waals surface area contributed by atoms with Crippen LogP contribution in [0.4, 0.5) is 5.00 Å². The normalized spacial score (nSPS) is 18.9. The van der Waals surface area contributed by atoms with Gasteiger partial charge < -0.3 is 5.32 Å². The first-order valence-corrected chi connectivity index (χ1v) is 7.56. The molecule has 1 aliphatic rings. The number of nitrogens with one attached hydrogen (secondary N) is 2. The van der Waals surface area contributed by atoms with E-state index in [1.165, 1.54) is 11.3 Å². The highest BCUT2D eigenvalue weighted by atomic mass is 32.2. The maximum atomic E-state index is 12.1. The van der Waals surface area contributed by atoms with E-state index in [4.69, 9.17) is 5.26 Å². The minimum Gasteiger partial charge on any atom is -0.316 e. The molecule has 0 atom stereocenters. The van der Waals surface area contributed by atoms with Crippen LogP contribution in [0.2, 0.25) is 0 Å². The van der Waals surface area contributed by atoms with Gasteiger partial charge in [-0.25, -0.2) is 18.1 Å². The third-order valence-corrected chi connectivity index (χ3v) is 4.83. The molecule has 2 N–H and O–H groups in total. The summed E-state index contributed by atoms with van der Waals surface area (Å²) in [5.41, 5.74) is 0.193. The molecule has 0 aromatic carbocycles. The second-order valence-electron chi connectivity index (χ2n) is 4.11. The molecule has 0 saturated heterocycles. The van der Waals surface area contributed by atoms with E-state index >= 15 is 0 Å². The summed E-state index contributed by atoms with van der Waals surface area (Å²) in [6.45, 7) is 5.41. The number of nitrogens with zero attached hydrogens (tertiary/aromatic N) is 2. The fourth-order valence-electron chi connectivity index (χ4n) is 1.62. The number of thiophene rings is 1. The van der Waals surface area contributed by atoms with Crippen LogP contribution >= 0.6 is 11.3 Å². The van der Waals surface area contributed by atoms with Crippen molar-refractivity contribution in [2.75, 3.05) is 5.32 Å². The minimum atomic E-state index is -3.71. The molecule has 18 heavy (non-hydrogen) atoms. The molecule has 0 radical (unpaired) electrons. The molecule has 0 amide bonds. The van der Waals surface area contributed by atoms with Gasteiger partial charge in [-0.1, -0.05) is 0 Å². The Hall–Kier alpha value is -1.59. The van der Waals surface area contributed by atoms with Crippen molar-refractivity contribution in [3.05, 3.63) is 10.4 Å². The van der Waals surface area contributed by atoms with Gasteiger partial charge in [-0.2, -0.15) is 5.26 Å². The molecule has 0 aliphatic carbocycles. The largest absolute Gasteiger partial charge is 0.316 e. The highest BCUT2D eigenvalue weighted by Crippen LogP contribution is 2.37. The van der Waals surface area contributed by atoms with Gasteiger partial charge in [0.2, 0.25) is 5.96 Å². The van der Waals surface area contributed by atoms with Gasteiger partial charge in [0.15, 0.2) is 0 Å². The molecule has 0 bridgehead atoms. The number of fused-ring (bicyclic) bond motifs is 1. The Morgan fingerprint density at radius 3 is 2.67 bits per heavy atom. The van der Waals surface area contributed by atoms with Gasteiger partial charge in [-0.3, -0.25) is 0 Å². The second kappa shape index (κ2) is 4.26. The van der Waals surface area contributed by atoms with Crippen LogP contribution < -0.4 is 10.0 Å². The third-order valence-electron chi connectivity index (χ3n) is 2.27. The van der Waals surface area contributed by atoms with Gasteiger partial charge in [-0.05, 0) is 20.8 Å². The van der Waals surface area contributed by atoms with Gasteiger partial charge >= 0.3 is 0 Å². The Labute approximate surface area is 109 Å². The third kappa shape index (κ3) is 2.07. The van der Waals surface area contributed by atoms with E-state index in [1.54, 1.807) is 6.92 Å². The first-order chi connectivity index (χ1) is 8.35. The Bertz CT molecular complexity index is 665. The smallest absolute Gasteiger partial charge is 0.268 e. The topological polar surface area (TPSA) is 94.3 Å². The molecule has 0 saturated carbocycles. The molecule has 6 nitrogen and oxygen atoms in total. The summed E-state index contributed by atoms with van der Waals surface area (Å²) in [5.74, 6) is 0.197. The summed E-state index contributed by atoms with van der Waals surface area (Å²) in [4.78, 5) is 4.83. The Morgan fingerprint density at radius 2 is 2.11 bits per heavy atom. The molecule has 2 rings (SSSR count). The van der Waals surface area contributed by atoms with Crippen molar-refractivity contribution in [2.24, 2.45) is 4.99 Å². The standard InChI is InChI=1S/C10H12N4O2S2/c1-5(2)12-10-13-9-8(18(15,16)14-10)7(4-11)6(3)17-9/h5H,1-3H3,(H2,12,13,14). The van der Waals surface area contributed by atoms with Gasteiger partial charge in [0.05, 0.1) is 5.56 Å². The van der Waals surface area contributed by atoms with Crippen molar-refractivity contribution < 1.29 is 8.42 Å². The quantitative estimate of drug-likeness (QED) is 0.815. The molecule has 2 heterocycles. The number of hydrogen-bond acceptors (Lipinski definition) is 5. The van der Waals surface area contributed by atoms with E-state index in [-0.39, 0.29) is 22.5 Å². The number of anilines is 1. The number of rotatable bonds is 1. The molecule has 0 fully saturated rings. The molecule has 0 unspecified atom stereocenters. The predicted octanol–water partition coefficient (Wildman–Crippen LogP) is 1.40. The van der Waals surface area contributed by atoms with Gasteiger partial charge in [0.25, 0.3) is 10.0 Å². The molecular weight excluding hydrogens is 272 g/mol. The monoisotopic (exact) mass is 284 g/mol. The SMILES string of the molecule is Cc1sc2c(c1C#N)S(=O)(=O)NC(=NC(C)C)N2. The summed E-state index contributed by atoms with van der Waals surface area (Å²) in [6.07, 6.45) is 0. The maximum absolute atomic E-state index is 12.1. The Balaban J connectivity index is 2.62. The number of aliphatic imine (C=N–C) groups is 1. The van der Waals surface area contributed by atoms with E-state index in [0.717, 1.165) is 0 Å². The minimum absolute atomic E-state index is 0.0233. The number of aryl methyl sites for hydroxylation is 1. The lowest BCUT2D eigenvalue weighted by atomic mass is 10.3. The van der Waals surface area contributed by atoms with Crippen LogP contribution in [0.5, 0.6) is 0 Å². The van der Waals surface area contributed by atoms with Crippen molar-refractivity contribution in [3.63, 3.8) is 0 Å². The summed E-state index contributed by atoms with van der Waals surface area (Å²) < 4.78 is 26.5. The summed E-state index contributed by atoms with van der Waals surface area (Å²) in [7, 11) is -3.71. The lowest BCUT2D eigenvalue weighted by molar-refractivity contribution is 0.591. The number of nitriles is 1. The zero-order valence-corrected chi connectivity index (χ0v) is 11.7. The second-order valence-corrected chi connectivity index (χ2v) is 6.95. The summed E-state index contributed by atoms with van der Waals surface area (Å²) >= 11 is 1.24. The van der Waals surface area contributed by atoms with E-state index in [9.17, 15) is 8.42 Å². The predicted molar refractivity (Wildman–Crippen MR) is 70.3 cm³/mol. The first kappa shape index (κ1) is 12.9. The van der Waals surface area contributed by atoms with Crippen LogP contribution in [0.15, 0.2) is 9.89 Å². The van der Waals surface area contributed by atoms with Crippen molar-refractivity contribution >= 4 is 32.3 Å². The summed E-state index contributed by atoms with van der Waals surface area (Å²) in [6, 6.07) is 1.89. The fraction of sp³-hybridized carbons (Fsp3) is 0.400. The average molecular weight is 284 g/mol. The number of sulfonamides is 1. The molecule has 1 aromatic heterocycles. The molecule has 96 valence electrons. The highest BCUT2D eigenvalue weighted by Gasteiger charge is 2.33. The van der Waals surface area contributed by atoms with Crippen LogP contribution in [-0.4, -0.2) is 20.4 Å². The van der Waals surface area contributed by atoms with E-state index < -0.39 is 10.0 Å². The zero-order valence-electron chi connectivity index (χ0n) is 10.1. The van der Waals surface area contributed by atoms with E-state index in [1.807, 2.05) is 19.9 Å². The van der Waals surface area contributed by atoms with E-state index in [2.05, 4.69) is 15.0 Å². The van der Waals surface area contributed by atoms with Crippen LogP contribution in [0, 0.1) is 18.3 Å². The van der Waals surface area contributed by atoms with Gasteiger partial charge in [0, 0.05) is 10.9 Å². The molecule has 8 heteroatoms. The molecule has 1 aromatic rings. The van der Waals surface area contributed by atoms with E-state index in [0.29, 0.717) is 9.88 Å². The van der Waals surface area contributed by atoms with Gasteiger partial charge in [-0.15, -0.1) is 11.3 Å². The van der Waals surface area contributed by atoms with Crippen molar-refractivity contribution in [3.8, 4) is 6.07 Å². The maximum Gasteiger partial charge on any atom is 0.268 e. The van der Waals surface area contributed by atoms with Crippen molar-refractivity contribution in [1.29, 1.82) is 5.26 Å². The Kier molecular flexibility index (Phi) is 3.04. The first-order valence-electron chi connectivity index (χ1n) is 5.26. The van der Waals surface area contributed by atoms with Crippen molar-refractivity contribution in [2.45, 2.75) is 31.7 Å². The fourth-order valence-corrected chi connectivity index (χ4v) is 4.26. The van der Waals surface area contributed by atoms with Crippen LogP contribution in [-0.2, 0) is 10.0 Å². The average Bonchev–Trinajstić information content (AvgIpc) is 2.52. The molecule has 0 spiro atoms. The van der Waals surface area contributed by atoms with Gasteiger partial charge in [0.1, 0.15) is 16.0 Å². The lowest BCUT2D eigenvalue weighted by Crippen LogP contribution is -2.40. The molecule has 1 aliphatic heterocycles. The Morgan fingerprint density at radius 1 is 1.44 bits per heavy atom. The lowest BCUT2D eigenvalue weighted by Gasteiger charge is -2.19. The van der Waals surface area contributed by atoms with Crippen LogP contribution in [0.3, 0.4) is 0 Å². The highest BCUT2D eigenvalue weighted by molar-refractivity contribution is 7.90. The number of hydrogen-bond donors (Lipinski definition) is 2. The number of guanidine groups is 1.